The molecule has 3 heterocycles. The molecular weight excluding hydrogens is 512 g/mol. The molecule has 1 aliphatic heterocycles. The maximum Gasteiger partial charge on any atom is 0.335 e. The minimum absolute atomic E-state index is 0.0278. The molecule has 0 bridgehead atoms. The zero-order valence-corrected chi connectivity index (χ0v) is 20.9. The summed E-state index contributed by atoms with van der Waals surface area (Å²) < 4.78 is 6.22. The first kappa shape index (κ1) is 24.5. The molecule has 37 heavy (non-hydrogen) atoms. The van der Waals surface area contributed by atoms with E-state index in [1.165, 1.54) is 18.2 Å². The van der Waals surface area contributed by atoms with E-state index in [0.29, 0.717) is 32.9 Å². The van der Waals surface area contributed by atoms with Crippen LogP contribution in [0.15, 0.2) is 89.5 Å². The van der Waals surface area contributed by atoms with Gasteiger partial charge in [0.15, 0.2) is 5.11 Å². The molecular formula is C27H21ClN4O4S. The third kappa shape index (κ3) is 5.18. The quantitative estimate of drug-likeness (QED) is 0.275. The number of hydrogen-bond donors (Lipinski definition) is 3. The maximum absolute atomic E-state index is 12.9. The number of pyridine rings is 1. The third-order valence-corrected chi connectivity index (χ3v) is 6.65. The average Bonchev–Trinajstić information content (AvgIpc) is 3.50. The Morgan fingerprint density at radius 2 is 1.86 bits per heavy atom. The fraction of sp³-hybridized carbons (Fsp3) is 0.111. The van der Waals surface area contributed by atoms with E-state index in [9.17, 15) is 14.7 Å². The highest BCUT2D eigenvalue weighted by molar-refractivity contribution is 7.80. The van der Waals surface area contributed by atoms with Crippen LogP contribution in [-0.4, -0.2) is 38.5 Å². The van der Waals surface area contributed by atoms with Crippen molar-refractivity contribution in [1.82, 2.24) is 15.2 Å². The number of carboxylic acids is 1. The summed E-state index contributed by atoms with van der Waals surface area (Å²) in [5.74, 6) is -0.399. The molecule has 0 saturated carbocycles. The lowest BCUT2D eigenvalue weighted by molar-refractivity contribution is -0.116. The highest BCUT2D eigenvalue weighted by Crippen LogP contribution is 2.41. The second kappa shape index (κ2) is 10.4. The van der Waals surface area contributed by atoms with E-state index in [1.807, 2.05) is 36.4 Å². The van der Waals surface area contributed by atoms with Crippen LogP contribution in [0.3, 0.4) is 0 Å². The minimum Gasteiger partial charge on any atom is -0.478 e. The van der Waals surface area contributed by atoms with Crippen molar-refractivity contribution in [1.29, 1.82) is 0 Å². The first-order valence-corrected chi connectivity index (χ1v) is 12.2. The highest BCUT2D eigenvalue weighted by atomic mass is 35.5. The van der Waals surface area contributed by atoms with Gasteiger partial charge in [-0.25, -0.2) is 4.79 Å². The van der Waals surface area contributed by atoms with Crippen molar-refractivity contribution < 1.29 is 19.1 Å². The van der Waals surface area contributed by atoms with E-state index in [0.717, 1.165) is 5.69 Å². The van der Waals surface area contributed by atoms with Gasteiger partial charge in [-0.2, -0.15) is 0 Å². The molecule has 1 aliphatic rings. The molecule has 1 fully saturated rings. The highest BCUT2D eigenvalue weighted by Gasteiger charge is 2.42. The van der Waals surface area contributed by atoms with E-state index in [4.69, 9.17) is 28.2 Å². The van der Waals surface area contributed by atoms with Gasteiger partial charge in [-0.3, -0.25) is 9.78 Å². The van der Waals surface area contributed by atoms with Crippen LogP contribution in [0, 0.1) is 0 Å². The minimum atomic E-state index is -1.07. The van der Waals surface area contributed by atoms with Crippen molar-refractivity contribution in [3.8, 4) is 11.3 Å². The van der Waals surface area contributed by atoms with Gasteiger partial charge < -0.3 is 25.1 Å². The summed E-state index contributed by atoms with van der Waals surface area (Å²) in [6.07, 6.45) is 1.69. The van der Waals surface area contributed by atoms with Gasteiger partial charge in [0.1, 0.15) is 24.1 Å². The molecule has 2 aromatic heterocycles. The number of hydrogen-bond acceptors (Lipinski definition) is 5. The molecule has 1 amide bonds. The molecule has 0 spiro atoms. The zero-order chi connectivity index (χ0) is 25.9. The molecule has 186 valence electrons. The number of amides is 1. The lowest BCUT2D eigenvalue weighted by Crippen LogP contribution is -2.36. The molecule has 2 aromatic carbocycles. The standard InChI is InChI=1S/C27H21ClN4O4S/c28-19-10-9-16(26(34)35)14-18(19)21-11-12-22(36-21)25-24(20-8-4-5-13-29-20)31-27(37)32(25)15-23(33)30-17-6-2-1-3-7-17/h1-14,24-25H,15H2,(H,30,33)(H,31,37)(H,34,35). The molecule has 2 unspecified atom stereocenters. The number of aromatic carboxylic acids is 1. The van der Waals surface area contributed by atoms with Crippen molar-refractivity contribution in [3.05, 3.63) is 107 Å². The molecule has 8 nitrogen and oxygen atoms in total. The Balaban J connectivity index is 1.49. The van der Waals surface area contributed by atoms with Crippen molar-refractivity contribution in [3.63, 3.8) is 0 Å². The van der Waals surface area contributed by atoms with Gasteiger partial charge >= 0.3 is 5.97 Å². The summed E-state index contributed by atoms with van der Waals surface area (Å²) in [7, 11) is 0. The van der Waals surface area contributed by atoms with Crippen molar-refractivity contribution >= 4 is 46.5 Å². The lowest BCUT2D eigenvalue weighted by atomic mass is 10.0. The van der Waals surface area contributed by atoms with Crippen molar-refractivity contribution in [2.45, 2.75) is 12.1 Å². The monoisotopic (exact) mass is 532 g/mol. The Bertz CT molecular complexity index is 1460. The summed E-state index contributed by atoms with van der Waals surface area (Å²) in [6.45, 7) is -0.0278. The number of anilines is 1. The van der Waals surface area contributed by atoms with Gasteiger partial charge in [0.05, 0.1) is 22.3 Å². The predicted octanol–water partition coefficient (Wildman–Crippen LogP) is 5.30. The van der Waals surface area contributed by atoms with Gasteiger partial charge in [0, 0.05) is 17.4 Å². The number of rotatable bonds is 7. The average molecular weight is 533 g/mol. The van der Waals surface area contributed by atoms with Crippen molar-refractivity contribution in [2.75, 3.05) is 11.9 Å². The molecule has 1 saturated heterocycles. The van der Waals surface area contributed by atoms with Crippen molar-refractivity contribution in [2.24, 2.45) is 0 Å². The number of carbonyl (C=O) groups excluding carboxylic acids is 1. The second-order valence-electron chi connectivity index (χ2n) is 8.37. The summed E-state index contributed by atoms with van der Waals surface area (Å²) in [5.41, 5.74) is 1.94. The first-order chi connectivity index (χ1) is 17.9. The van der Waals surface area contributed by atoms with Gasteiger partial charge in [0.2, 0.25) is 5.91 Å². The SMILES string of the molecule is O=C(CN1C(=S)NC(c2ccccn2)C1c1ccc(-c2cc(C(=O)O)ccc2Cl)o1)Nc1ccccc1. The van der Waals surface area contributed by atoms with E-state index < -0.39 is 18.1 Å². The predicted molar refractivity (Wildman–Crippen MR) is 143 cm³/mol. The molecule has 10 heteroatoms. The Hall–Kier alpha value is -4.21. The van der Waals surface area contributed by atoms with E-state index >= 15 is 0 Å². The molecule has 0 aliphatic carbocycles. The van der Waals surface area contributed by atoms with Crippen LogP contribution in [0.1, 0.15) is 33.9 Å². The fourth-order valence-electron chi connectivity index (χ4n) is 4.27. The largest absolute Gasteiger partial charge is 0.478 e. The zero-order valence-electron chi connectivity index (χ0n) is 19.3. The number of thiocarbonyl (C=S) groups is 1. The fourth-order valence-corrected chi connectivity index (χ4v) is 4.78. The summed E-state index contributed by atoms with van der Waals surface area (Å²) in [6, 6.07) is 21.8. The molecule has 2 atom stereocenters. The van der Waals surface area contributed by atoms with E-state index in [2.05, 4.69) is 15.6 Å². The summed E-state index contributed by atoms with van der Waals surface area (Å²) in [5, 5.41) is 16.3. The number of nitrogens with zero attached hydrogens (tertiary/aromatic N) is 2. The lowest BCUT2D eigenvalue weighted by Gasteiger charge is -2.25. The second-order valence-corrected chi connectivity index (χ2v) is 9.16. The normalized spacial score (nSPS) is 16.9. The van der Waals surface area contributed by atoms with Gasteiger partial charge in [-0.05, 0) is 66.8 Å². The van der Waals surface area contributed by atoms with E-state index in [-0.39, 0.29) is 18.0 Å². The van der Waals surface area contributed by atoms with Gasteiger partial charge in [-0.1, -0.05) is 35.9 Å². The number of para-hydroxylation sites is 1. The number of carboxylic acid groups (broad SMARTS) is 1. The van der Waals surface area contributed by atoms with Crippen LogP contribution >= 0.6 is 23.8 Å². The number of carbonyl (C=O) groups is 2. The number of furan rings is 1. The van der Waals surface area contributed by atoms with Crippen LogP contribution in [0.2, 0.25) is 5.02 Å². The molecule has 3 N–H and O–H groups in total. The number of aromatic nitrogens is 1. The molecule has 4 aromatic rings. The third-order valence-electron chi connectivity index (χ3n) is 5.97. The number of halogens is 1. The number of benzene rings is 2. The summed E-state index contributed by atoms with van der Waals surface area (Å²) >= 11 is 12.0. The first-order valence-electron chi connectivity index (χ1n) is 11.4. The Morgan fingerprint density at radius 3 is 2.59 bits per heavy atom. The molecule has 5 rings (SSSR count). The molecule has 0 radical (unpaired) electrons. The van der Waals surface area contributed by atoms with Crippen LogP contribution in [0.25, 0.3) is 11.3 Å². The summed E-state index contributed by atoms with van der Waals surface area (Å²) in [4.78, 5) is 30.7. The van der Waals surface area contributed by atoms with Crippen LogP contribution in [0.5, 0.6) is 0 Å². The van der Waals surface area contributed by atoms with Gasteiger partial charge in [-0.15, -0.1) is 0 Å². The van der Waals surface area contributed by atoms with Crippen LogP contribution in [0.4, 0.5) is 5.69 Å². The maximum atomic E-state index is 12.9. The smallest absolute Gasteiger partial charge is 0.335 e. The van der Waals surface area contributed by atoms with E-state index in [1.54, 1.807) is 35.4 Å². The van der Waals surface area contributed by atoms with Gasteiger partial charge in [0.25, 0.3) is 0 Å². The topological polar surface area (TPSA) is 108 Å². The Morgan fingerprint density at radius 1 is 1.08 bits per heavy atom. The Kier molecular flexibility index (Phi) is 6.89. The van der Waals surface area contributed by atoms with Crippen LogP contribution in [-0.2, 0) is 4.79 Å². The number of nitrogens with one attached hydrogen (secondary N) is 2. The Labute approximate surface area is 222 Å². The van der Waals surface area contributed by atoms with Crippen LogP contribution < -0.4 is 10.6 Å².